The number of nitrogens with one attached hydrogen (secondary N) is 1. The Kier molecular flexibility index (Phi) is 7.79. The molecular weight excluding hydrogens is 182 g/mol. The van der Waals surface area contributed by atoms with E-state index in [2.05, 4.69) is 57.3 Å². The Morgan fingerprint density at radius 1 is 1.00 bits per heavy atom. The highest BCUT2D eigenvalue weighted by atomic mass is 14.8. The molecule has 1 nitrogen and oxygen atoms in total. The predicted molar refractivity (Wildman–Crippen MR) is 70.7 cm³/mol. The Morgan fingerprint density at radius 3 is 1.73 bits per heavy atom. The molecule has 0 saturated carbocycles. The maximum absolute atomic E-state index is 3.09. The quantitative estimate of drug-likeness (QED) is 0.760. The zero-order valence-electron chi connectivity index (χ0n) is 10.8. The third kappa shape index (κ3) is 6.16. The van der Waals surface area contributed by atoms with Crippen LogP contribution in [0.2, 0.25) is 0 Å². The van der Waals surface area contributed by atoms with Crippen LogP contribution in [0.4, 0.5) is 5.69 Å². The second-order valence-electron chi connectivity index (χ2n) is 4.03. The highest BCUT2D eigenvalue weighted by Crippen LogP contribution is 2.16. The van der Waals surface area contributed by atoms with E-state index in [9.17, 15) is 0 Å². The van der Waals surface area contributed by atoms with Crippen LogP contribution in [0.25, 0.3) is 0 Å². The van der Waals surface area contributed by atoms with Gasteiger partial charge in [0.1, 0.15) is 0 Å². The van der Waals surface area contributed by atoms with Crippen LogP contribution in [0.5, 0.6) is 0 Å². The normalized spacial score (nSPS) is 9.47. The van der Waals surface area contributed by atoms with E-state index in [0.29, 0.717) is 5.92 Å². The zero-order valence-corrected chi connectivity index (χ0v) is 10.8. The largest absolute Gasteiger partial charge is 0.388 e. The minimum atomic E-state index is 0.626. The van der Waals surface area contributed by atoms with E-state index in [0.717, 1.165) is 0 Å². The Hall–Kier alpha value is -0.980. The lowest BCUT2D eigenvalue weighted by molar-refractivity contribution is 0.867. The van der Waals surface area contributed by atoms with Crippen LogP contribution in [0, 0.1) is 0 Å². The molecule has 0 bridgehead atoms. The van der Waals surface area contributed by atoms with Crippen LogP contribution in [0.1, 0.15) is 52.0 Å². The van der Waals surface area contributed by atoms with Gasteiger partial charge in [-0.3, -0.25) is 0 Å². The van der Waals surface area contributed by atoms with Crippen molar-refractivity contribution in [1.29, 1.82) is 0 Å². The van der Waals surface area contributed by atoms with Gasteiger partial charge in [0.25, 0.3) is 0 Å². The molecule has 0 aliphatic carbocycles. The SMILES string of the molecule is CCCC.CNc1ccc(C(C)C)cc1. The minimum absolute atomic E-state index is 0.626. The van der Waals surface area contributed by atoms with E-state index in [1.165, 1.54) is 24.1 Å². The van der Waals surface area contributed by atoms with Crippen molar-refractivity contribution in [2.75, 3.05) is 12.4 Å². The molecule has 0 radical (unpaired) electrons. The van der Waals surface area contributed by atoms with Crippen molar-refractivity contribution in [3.63, 3.8) is 0 Å². The topological polar surface area (TPSA) is 12.0 Å². The van der Waals surface area contributed by atoms with Crippen molar-refractivity contribution < 1.29 is 0 Å². The third-order valence-electron chi connectivity index (χ3n) is 2.37. The van der Waals surface area contributed by atoms with Gasteiger partial charge in [-0.15, -0.1) is 0 Å². The van der Waals surface area contributed by atoms with Crippen molar-refractivity contribution in [1.82, 2.24) is 0 Å². The van der Waals surface area contributed by atoms with E-state index >= 15 is 0 Å². The maximum atomic E-state index is 3.09. The average Bonchev–Trinajstić information content (AvgIpc) is 2.29. The Balaban J connectivity index is 0.000000423. The first-order valence-electron chi connectivity index (χ1n) is 5.93. The van der Waals surface area contributed by atoms with E-state index in [1.807, 2.05) is 7.05 Å². The van der Waals surface area contributed by atoms with Gasteiger partial charge in [-0.05, 0) is 23.6 Å². The van der Waals surface area contributed by atoms with Gasteiger partial charge in [0.15, 0.2) is 0 Å². The van der Waals surface area contributed by atoms with Gasteiger partial charge in [-0.25, -0.2) is 0 Å². The van der Waals surface area contributed by atoms with E-state index in [4.69, 9.17) is 0 Å². The summed E-state index contributed by atoms with van der Waals surface area (Å²) < 4.78 is 0. The van der Waals surface area contributed by atoms with Gasteiger partial charge in [0, 0.05) is 12.7 Å². The minimum Gasteiger partial charge on any atom is -0.388 e. The van der Waals surface area contributed by atoms with Gasteiger partial charge >= 0.3 is 0 Å². The fourth-order valence-electron chi connectivity index (χ4n) is 1.03. The predicted octanol–water partition coefficient (Wildman–Crippen LogP) is 4.66. The second-order valence-corrected chi connectivity index (χ2v) is 4.03. The van der Waals surface area contributed by atoms with Crippen LogP contribution >= 0.6 is 0 Å². The number of hydrogen-bond donors (Lipinski definition) is 1. The van der Waals surface area contributed by atoms with Gasteiger partial charge in [0.05, 0.1) is 0 Å². The molecule has 0 aromatic heterocycles. The monoisotopic (exact) mass is 207 g/mol. The molecule has 1 heteroatoms. The summed E-state index contributed by atoms with van der Waals surface area (Å²) >= 11 is 0. The first kappa shape index (κ1) is 14.0. The van der Waals surface area contributed by atoms with E-state index in [-0.39, 0.29) is 0 Å². The molecular formula is C14H25N. The molecule has 1 aromatic carbocycles. The number of unbranched alkanes of at least 4 members (excludes halogenated alkanes) is 1. The van der Waals surface area contributed by atoms with Gasteiger partial charge < -0.3 is 5.32 Å². The smallest absolute Gasteiger partial charge is 0.0337 e. The lowest BCUT2D eigenvalue weighted by Crippen LogP contribution is -1.90. The number of anilines is 1. The zero-order chi connectivity index (χ0) is 11.7. The molecule has 1 N–H and O–H groups in total. The number of rotatable bonds is 3. The molecule has 0 aliphatic rings. The summed E-state index contributed by atoms with van der Waals surface area (Å²) in [6, 6.07) is 8.54. The molecule has 0 aliphatic heterocycles. The Bertz CT molecular complexity index is 234. The first-order valence-corrected chi connectivity index (χ1v) is 5.93. The average molecular weight is 207 g/mol. The highest BCUT2D eigenvalue weighted by molar-refractivity contribution is 5.44. The van der Waals surface area contributed by atoms with Crippen molar-refractivity contribution in [3.8, 4) is 0 Å². The molecule has 0 heterocycles. The molecule has 1 aromatic rings. The van der Waals surface area contributed by atoms with Gasteiger partial charge in [-0.1, -0.05) is 52.7 Å². The van der Waals surface area contributed by atoms with Crippen LogP contribution in [0.15, 0.2) is 24.3 Å². The van der Waals surface area contributed by atoms with Crippen molar-refractivity contribution in [3.05, 3.63) is 29.8 Å². The van der Waals surface area contributed by atoms with Crippen molar-refractivity contribution >= 4 is 5.69 Å². The van der Waals surface area contributed by atoms with Crippen LogP contribution in [-0.4, -0.2) is 7.05 Å². The molecule has 0 amide bonds. The molecule has 0 unspecified atom stereocenters. The second kappa shape index (κ2) is 8.34. The summed E-state index contributed by atoms with van der Waals surface area (Å²) in [5.41, 5.74) is 2.57. The van der Waals surface area contributed by atoms with Crippen LogP contribution in [-0.2, 0) is 0 Å². The lowest BCUT2D eigenvalue weighted by atomic mass is 10.0. The van der Waals surface area contributed by atoms with Crippen molar-refractivity contribution in [2.24, 2.45) is 0 Å². The summed E-state index contributed by atoms with van der Waals surface area (Å²) in [6.07, 6.45) is 2.64. The van der Waals surface area contributed by atoms with E-state index in [1.54, 1.807) is 0 Å². The van der Waals surface area contributed by atoms with Gasteiger partial charge in [0.2, 0.25) is 0 Å². The fraction of sp³-hybridized carbons (Fsp3) is 0.571. The van der Waals surface area contributed by atoms with Crippen molar-refractivity contribution in [2.45, 2.75) is 46.5 Å². The molecule has 0 atom stereocenters. The van der Waals surface area contributed by atoms with Gasteiger partial charge in [-0.2, -0.15) is 0 Å². The molecule has 0 fully saturated rings. The van der Waals surface area contributed by atoms with E-state index < -0.39 is 0 Å². The molecule has 1 rings (SSSR count). The molecule has 86 valence electrons. The standard InChI is InChI=1S/C10H15N.C4H10/c1-8(2)9-4-6-10(11-3)7-5-9;1-3-4-2/h4-8,11H,1-3H3;3-4H2,1-2H3. The number of hydrogen-bond acceptors (Lipinski definition) is 1. The van der Waals surface area contributed by atoms with Crippen LogP contribution < -0.4 is 5.32 Å². The summed E-state index contributed by atoms with van der Waals surface area (Å²) in [5.74, 6) is 0.626. The summed E-state index contributed by atoms with van der Waals surface area (Å²) in [7, 11) is 1.93. The lowest BCUT2D eigenvalue weighted by Gasteiger charge is -2.05. The molecule has 15 heavy (non-hydrogen) atoms. The first-order chi connectivity index (χ1) is 7.15. The number of benzene rings is 1. The molecule has 0 saturated heterocycles. The Morgan fingerprint density at radius 2 is 1.47 bits per heavy atom. The fourth-order valence-corrected chi connectivity index (χ4v) is 1.03. The third-order valence-corrected chi connectivity index (χ3v) is 2.37. The molecule has 0 spiro atoms. The Labute approximate surface area is 94.9 Å². The maximum Gasteiger partial charge on any atom is 0.0337 e. The summed E-state index contributed by atoms with van der Waals surface area (Å²) in [5, 5.41) is 3.09. The van der Waals surface area contributed by atoms with Crippen LogP contribution in [0.3, 0.4) is 0 Å². The summed E-state index contributed by atoms with van der Waals surface area (Å²) in [6.45, 7) is 8.77. The summed E-state index contributed by atoms with van der Waals surface area (Å²) in [4.78, 5) is 0. The highest BCUT2D eigenvalue weighted by Gasteiger charge is 1.96.